The number of aryl methyl sites for hydroxylation is 1. The summed E-state index contributed by atoms with van der Waals surface area (Å²) in [6.07, 6.45) is 2.61. The van der Waals surface area contributed by atoms with Gasteiger partial charge < -0.3 is 0 Å². The van der Waals surface area contributed by atoms with Gasteiger partial charge in [0, 0.05) is 9.61 Å². The number of nitrogens with one attached hydrogen (secondary N) is 1. The molecule has 76 valence electrons. The first-order valence-corrected chi connectivity index (χ1v) is 6.03. The highest BCUT2D eigenvalue weighted by Gasteiger charge is 2.32. The van der Waals surface area contributed by atoms with E-state index >= 15 is 0 Å². The van der Waals surface area contributed by atoms with Crippen molar-refractivity contribution in [2.45, 2.75) is 25.8 Å². The van der Waals surface area contributed by atoms with Crippen molar-refractivity contribution in [3.8, 4) is 0 Å². The van der Waals surface area contributed by atoms with E-state index in [4.69, 9.17) is 5.84 Å². The first-order chi connectivity index (χ1) is 6.74. The molecule has 0 saturated heterocycles. The molecule has 14 heavy (non-hydrogen) atoms. The van der Waals surface area contributed by atoms with Crippen LogP contribution in [0.3, 0.4) is 0 Å². The molecule has 0 spiro atoms. The number of nitrogens with two attached hydrogens (primary N) is 1. The summed E-state index contributed by atoms with van der Waals surface area (Å²) in [4.78, 5) is 0. The Morgan fingerprint density at radius 3 is 2.79 bits per heavy atom. The van der Waals surface area contributed by atoms with Crippen LogP contribution in [0.2, 0.25) is 0 Å². The van der Waals surface area contributed by atoms with E-state index in [1.54, 1.807) is 0 Å². The van der Waals surface area contributed by atoms with Crippen molar-refractivity contribution in [1.82, 2.24) is 5.43 Å². The number of benzene rings is 1. The summed E-state index contributed by atoms with van der Waals surface area (Å²) in [6, 6.07) is 6.78. The van der Waals surface area contributed by atoms with Gasteiger partial charge in [-0.05, 0) is 59.4 Å². The summed E-state index contributed by atoms with van der Waals surface area (Å²) in [7, 11) is 0. The number of rotatable bonds is 3. The van der Waals surface area contributed by atoms with Gasteiger partial charge in [-0.3, -0.25) is 11.3 Å². The second-order valence-corrected chi connectivity index (χ2v) is 5.04. The highest BCUT2D eigenvalue weighted by atomic mass is 127. The van der Waals surface area contributed by atoms with Crippen LogP contribution in [0.1, 0.15) is 30.0 Å². The van der Waals surface area contributed by atoms with Crippen molar-refractivity contribution >= 4 is 22.6 Å². The van der Waals surface area contributed by atoms with Gasteiger partial charge in [0.15, 0.2) is 0 Å². The third kappa shape index (κ3) is 1.94. The zero-order valence-electron chi connectivity index (χ0n) is 8.26. The van der Waals surface area contributed by atoms with Gasteiger partial charge in [-0.2, -0.15) is 0 Å². The van der Waals surface area contributed by atoms with E-state index in [9.17, 15) is 0 Å². The average Bonchev–Trinajstić information content (AvgIpc) is 2.97. The lowest BCUT2D eigenvalue weighted by Gasteiger charge is -2.18. The van der Waals surface area contributed by atoms with Gasteiger partial charge in [0.2, 0.25) is 0 Å². The fourth-order valence-electron chi connectivity index (χ4n) is 1.82. The van der Waals surface area contributed by atoms with Crippen molar-refractivity contribution in [1.29, 1.82) is 0 Å². The molecule has 1 aliphatic rings. The molecule has 1 fully saturated rings. The Balaban J connectivity index is 2.33. The molecular formula is C11H15IN2. The Morgan fingerprint density at radius 1 is 1.50 bits per heavy atom. The fraction of sp³-hybridized carbons (Fsp3) is 0.455. The highest BCUT2D eigenvalue weighted by Crippen LogP contribution is 2.41. The molecule has 1 aromatic carbocycles. The molecule has 1 aromatic rings. The van der Waals surface area contributed by atoms with Crippen LogP contribution in [0.5, 0.6) is 0 Å². The average molecular weight is 302 g/mol. The van der Waals surface area contributed by atoms with Gasteiger partial charge in [-0.15, -0.1) is 0 Å². The van der Waals surface area contributed by atoms with Gasteiger partial charge in [0.05, 0.1) is 0 Å². The molecule has 0 radical (unpaired) electrons. The predicted molar refractivity (Wildman–Crippen MR) is 66.7 cm³/mol. The molecule has 0 amide bonds. The number of hydrazine groups is 1. The Labute approximate surface area is 98.4 Å². The highest BCUT2D eigenvalue weighted by molar-refractivity contribution is 14.1. The van der Waals surface area contributed by atoms with Crippen molar-refractivity contribution in [3.05, 3.63) is 32.9 Å². The lowest BCUT2D eigenvalue weighted by molar-refractivity contribution is 0.494. The minimum absolute atomic E-state index is 0.349. The molecular weight excluding hydrogens is 287 g/mol. The van der Waals surface area contributed by atoms with Crippen LogP contribution in [0.15, 0.2) is 18.2 Å². The van der Waals surface area contributed by atoms with E-state index in [2.05, 4.69) is 53.1 Å². The zero-order chi connectivity index (χ0) is 10.1. The smallest absolute Gasteiger partial charge is 0.0498 e. The Morgan fingerprint density at radius 2 is 2.21 bits per heavy atom. The normalized spacial score (nSPS) is 18.2. The summed E-state index contributed by atoms with van der Waals surface area (Å²) in [6.45, 7) is 2.14. The topological polar surface area (TPSA) is 38.0 Å². The second kappa shape index (κ2) is 4.16. The van der Waals surface area contributed by atoms with Crippen LogP contribution < -0.4 is 11.3 Å². The first-order valence-electron chi connectivity index (χ1n) is 4.95. The summed E-state index contributed by atoms with van der Waals surface area (Å²) >= 11 is 2.41. The van der Waals surface area contributed by atoms with E-state index < -0.39 is 0 Å². The van der Waals surface area contributed by atoms with Crippen molar-refractivity contribution < 1.29 is 0 Å². The Kier molecular flexibility index (Phi) is 3.09. The largest absolute Gasteiger partial charge is 0.271 e. The van der Waals surface area contributed by atoms with Crippen LogP contribution in [-0.2, 0) is 0 Å². The first kappa shape index (κ1) is 10.4. The summed E-state index contributed by atoms with van der Waals surface area (Å²) < 4.78 is 1.35. The maximum atomic E-state index is 5.61. The van der Waals surface area contributed by atoms with Gasteiger partial charge in [-0.1, -0.05) is 18.2 Å². The molecule has 0 aliphatic heterocycles. The van der Waals surface area contributed by atoms with Crippen LogP contribution in [0.4, 0.5) is 0 Å². The minimum atomic E-state index is 0.349. The zero-order valence-corrected chi connectivity index (χ0v) is 10.4. The molecule has 2 rings (SSSR count). The van der Waals surface area contributed by atoms with E-state index in [0.29, 0.717) is 6.04 Å². The summed E-state index contributed by atoms with van der Waals surface area (Å²) in [5.41, 5.74) is 5.64. The van der Waals surface area contributed by atoms with Gasteiger partial charge in [0.1, 0.15) is 0 Å². The van der Waals surface area contributed by atoms with E-state index in [0.717, 1.165) is 5.92 Å². The lowest BCUT2D eigenvalue weighted by atomic mass is 10.0. The van der Waals surface area contributed by atoms with Crippen LogP contribution in [0, 0.1) is 16.4 Å². The molecule has 2 nitrogen and oxygen atoms in total. The van der Waals surface area contributed by atoms with Crippen LogP contribution in [-0.4, -0.2) is 0 Å². The molecule has 1 unspecified atom stereocenters. The standard InChI is InChI=1S/C11H15IN2/c1-7-3-2-4-9(10(7)12)11(14-13)8-5-6-8/h2-4,8,11,14H,5-6,13H2,1H3. The molecule has 3 heteroatoms. The Bertz CT molecular complexity index is 334. The van der Waals surface area contributed by atoms with Gasteiger partial charge in [0.25, 0.3) is 0 Å². The lowest BCUT2D eigenvalue weighted by Crippen LogP contribution is -2.30. The molecule has 0 bridgehead atoms. The monoisotopic (exact) mass is 302 g/mol. The molecule has 0 aromatic heterocycles. The van der Waals surface area contributed by atoms with Crippen LogP contribution in [0.25, 0.3) is 0 Å². The molecule has 0 heterocycles. The van der Waals surface area contributed by atoms with Crippen molar-refractivity contribution in [3.63, 3.8) is 0 Å². The second-order valence-electron chi connectivity index (χ2n) is 3.96. The number of halogens is 1. The van der Waals surface area contributed by atoms with E-state index in [1.807, 2.05) is 0 Å². The minimum Gasteiger partial charge on any atom is -0.271 e. The maximum absolute atomic E-state index is 5.61. The summed E-state index contributed by atoms with van der Waals surface area (Å²) in [5.74, 6) is 6.36. The van der Waals surface area contributed by atoms with Crippen molar-refractivity contribution in [2.24, 2.45) is 11.8 Å². The van der Waals surface area contributed by atoms with Crippen LogP contribution >= 0.6 is 22.6 Å². The molecule has 1 aliphatic carbocycles. The predicted octanol–water partition coefficient (Wildman–Crippen LogP) is 2.51. The van der Waals surface area contributed by atoms with Gasteiger partial charge in [-0.25, -0.2) is 0 Å². The fourth-order valence-corrected chi connectivity index (χ4v) is 2.51. The quantitative estimate of drug-likeness (QED) is 0.511. The molecule has 1 saturated carbocycles. The Hall–Kier alpha value is -0.130. The summed E-state index contributed by atoms with van der Waals surface area (Å²) in [5, 5.41) is 0. The number of hydrogen-bond acceptors (Lipinski definition) is 2. The van der Waals surface area contributed by atoms with E-state index in [1.165, 1.54) is 27.5 Å². The molecule has 1 atom stereocenters. The number of hydrogen-bond donors (Lipinski definition) is 2. The molecule has 3 N–H and O–H groups in total. The third-order valence-corrected chi connectivity index (χ3v) is 4.30. The van der Waals surface area contributed by atoms with Gasteiger partial charge >= 0.3 is 0 Å². The third-order valence-electron chi connectivity index (χ3n) is 2.83. The SMILES string of the molecule is Cc1cccc(C(NN)C2CC2)c1I. The van der Waals surface area contributed by atoms with E-state index in [-0.39, 0.29) is 0 Å². The maximum Gasteiger partial charge on any atom is 0.0498 e. The van der Waals surface area contributed by atoms with Crippen molar-refractivity contribution in [2.75, 3.05) is 0 Å².